The van der Waals surface area contributed by atoms with Crippen LogP contribution in [0.3, 0.4) is 0 Å². The molecule has 4 aromatic rings. The Morgan fingerprint density at radius 3 is 2.31 bits per heavy atom. The molecule has 1 aliphatic rings. The van der Waals surface area contributed by atoms with Gasteiger partial charge in [0, 0.05) is 37.4 Å². The van der Waals surface area contributed by atoms with Crippen LogP contribution in [0.5, 0.6) is 5.75 Å². The van der Waals surface area contributed by atoms with Gasteiger partial charge in [-0.15, -0.1) is 0 Å². The summed E-state index contributed by atoms with van der Waals surface area (Å²) in [6, 6.07) is 25.3. The number of halogens is 1. The maximum absolute atomic E-state index is 13.8. The third kappa shape index (κ3) is 4.62. The average molecular weight is 487 g/mol. The number of aromatic nitrogens is 2. The molecule has 0 spiro atoms. The molecule has 5 rings (SSSR count). The van der Waals surface area contributed by atoms with E-state index >= 15 is 0 Å². The number of rotatable bonds is 5. The number of benzene rings is 3. The summed E-state index contributed by atoms with van der Waals surface area (Å²) >= 11 is 6.51. The topological polar surface area (TPSA) is 50.6 Å². The molecule has 0 unspecified atom stereocenters. The Bertz CT molecular complexity index is 1360. The summed E-state index contributed by atoms with van der Waals surface area (Å²) < 4.78 is 7.04. The number of anilines is 1. The summed E-state index contributed by atoms with van der Waals surface area (Å²) in [5, 5.41) is 5.33. The molecule has 0 bridgehead atoms. The minimum absolute atomic E-state index is 0.0593. The zero-order valence-electron chi connectivity index (χ0n) is 19.8. The van der Waals surface area contributed by atoms with Crippen molar-refractivity contribution in [2.75, 3.05) is 38.2 Å². The van der Waals surface area contributed by atoms with Crippen molar-refractivity contribution in [3.05, 3.63) is 95.1 Å². The minimum Gasteiger partial charge on any atom is -0.497 e. The van der Waals surface area contributed by atoms with Gasteiger partial charge in [-0.05, 0) is 48.9 Å². The lowest BCUT2D eigenvalue weighted by Gasteiger charge is -2.36. The van der Waals surface area contributed by atoms with E-state index in [4.69, 9.17) is 21.4 Å². The molecule has 35 heavy (non-hydrogen) atoms. The van der Waals surface area contributed by atoms with Gasteiger partial charge in [-0.1, -0.05) is 54.1 Å². The quantitative estimate of drug-likeness (QED) is 0.375. The number of amides is 1. The highest BCUT2D eigenvalue weighted by atomic mass is 35.5. The fourth-order valence-corrected chi connectivity index (χ4v) is 4.71. The van der Waals surface area contributed by atoms with E-state index in [1.54, 1.807) is 17.9 Å². The first-order valence-corrected chi connectivity index (χ1v) is 12.0. The lowest BCUT2D eigenvalue weighted by molar-refractivity contribution is 0.0737. The highest BCUT2D eigenvalue weighted by Gasteiger charge is 2.27. The summed E-state index contributed by atoms with van der Waals surface area (Å²) in [6.07, 6.45) is 0. The highest BCUT2D eigenvalue weighted by Crippen LogP contribution is 2.29. The standard InChI is InChI=1S/C28H27ClN4O2/c1-20-8-3-5-12-25(20)31-14-16-32(17-15-31)28(34)27-19-24(21-9-7-10-22(18-21)35-2)30-33(27)26-13-6-4-11-23(26)29/h3-13,18-19H,14-17H2,1-2H3. The van der Waals surface area contributed by atoms with Crippen LogP contribution in [0, 0.1) is 6.92 Å². The Labute approximate surface area is 210 Å². The molecule has 6 nitrogen and oxygen atoms in total. The van der Waals surface area contributed by atoms with Crippen molar-refractivity contribution in [1.82, 2.24) is 14.7 Å². The van der Waals surface area contributed by atoms with Crippen LogP contribution in [0.25, 0.3) is 16.9 Å². The summed E-state index contributed by atoms with van der Waals surface area (Å²) in [4.78, 5) is 18.0. The molecule has 1 aromatic heterocycles. The summed E-state index contributed by atoms with van der Waals surface area (Å²) in [6.45, 7) is 4.94. The third-order valence-corrected chi connectivity index (χ3v) is 6.72. The predicted molar refractivity (Wildman–Crippen MR) is 140 cm³/mol. The SMILES string of the molecule is COc1cccc(-c2cc(C(=O)N3CCN(c4ccccc4C)CC3)n(-c3ccccc3Cl)n2)c1. The Kier molecular flexibility index (Phi) is 6.47. The van der Waals surface area contributed by atoms with Gasteiger partial charge in [-0.2, -0.15) is 5.10 Å². The second-order valence-electron chi connectivity index (χ2n) is 8.58. The van der Waals surface area contributed by atoms with Crippen molar-refractivity contribution < 1.29 is 9.53 Å². The monoisotopic (exact) mass is 486 g/mol. The minimum atomic E-state index is -0.0593. The van der Waals surface area contributed by atoms with E-state index in [2.05, 4.69) is 30.0 Å². The van der Waals surface area contributed by atoms with Crippen LogP contribution in [-0.2, 0) is 0 Å². The summed E-state index contributed by atoms with van der Waals surface area (Å²) in [5.74, 6) is 0.672. The van der Waals surface area contributed by atoms with Gasteiger partial charge in [0.25, 0.3) is 5.91 Å². The van der Waals surface area contributed by atoms with E-state index in [9.17, 15) is 4.79 Å². The molecule has 0 saturated carbocycles. The number of piperazine rings is 1. The third-order valence-electron chi connectivity index (χ3n) is 6.40. The molecule has 0 radical (unpaired) electrons. The Balaban J connectivity index is 1.46. The molecular weight excluding hydrogens is 460 g/mol. The van der Waals surface area contributed by atoms with Crippen molar-refractivity contribution in [2.45, 2.75) is 6.92 Å². The zero-order valence-corrected chi connectivity index (χ0v) is 20.6. The first-order chi connectivity index (χ1) is 17.0. The molecule has 7 heteroatoms. The molecule has 1 amide bonds. The molecule has 0 atom stereocenters. The fraction of sp³-hybridized carbons (Fsp3) is 0.214. The highest BCUT2D eigenvalue weighted by molar-refractivity contribution is 6.32. The van der Waals surface area contributed by atoms with E-state index in [-0.39, 0.29) is 5.91 Å². The summed E-state index contributed by atoms with van der Waals surface area (Å²) in [5.41, 5.74) is 5.18. The average Bonchev–Trinajstić information content (AvgIpc) is 3.34. The van der Waals surface area contributed by atoms with Gasteiger partial charge in [-0.25, -0.2) is 4.68 Å². The van der Waals surface area contributed by atoms with Crippen LogP contribution in [0.15, 0.2) is 78.9 Å². The number of carbonyl (C=O) groups excluding carboxylic acids is 1. The first kappa shape index (κ1) is 23.0. The molecule has 178 valence electrons. The molecule has 1 saturated heterocycles. The van der Waals surface area contributed by atoms with Crippen molar-refractivity contribution in [2.24, 2.45) is 0 Å². The van der Waals surface area contributed by atoms with Crippen LogP contribution < -0.4 is 9.64 Å². The number of para-hydroxylation sites is 2. The van der Waals surface area contributed by atoms with Crippen molar-refractivity contribution >= 4 is 23.2 Å². The van der Waals surface area contributed by atoms with Gasteiger partial charge in [0.05, 0.1) is 23.5 Å². The maximum atomic E-state index is 13.8. The molecule has 1 fully saturated rings. The number of aryl methyl sites for hydroxylation is 1. The Morgan fingerprint density at radius 2 is 1.60 bits per heavy atom. The Morgan fingerprint density at radius 1 is 0.886 bits per heavy atom. The van der Waals surface area contributed by atoms with E-state index < -0.39 is 0 Å². The van der Waals surface area contributed by atoms with Gasteiger partial charge in [-0.3, -0.25) is 4.79 Å². The van der Waals surface area contributed by atoms with Gasteiger partial charge in [0.2, 0.25) is 0 Å². The molecular formula is C28H27ClN4O2. The van der Waals surface area contributed by atoms with Gasteiger partial charge < -0.3 is 14.5 Å². The van der Waals surface area contributed by atoms with Crippen molar-refractivity contribution in [1.29, 1.82) is 0 Å². The fourth-order valence-electron chi connectivity index (χ4n) is 4.49. The number of nitrogens with zero attached hydrogens (tertiary/aromatic N) is 4. The van der Waals surface area contributed by atoms with Crippen molar-refractivity contribution in [3.63, 3.8) is 0 Å². The van der Waals surface area contributed by atoms with E-state index in [1.807, 2.05) is 59.5 Å². The number of carbonyl (C=O) groups is 1. The molecule has 0 aliphatic carbocycles. The Hall–Kier alpha value is -3.77. The van der Waals surface area contributed by atoms with E-state index in [0.29, 0.717) is 35.2 Å². The van der Waals surface area contributed by atoms with Crippen LogP contribution in [0.2, 0.25) is 5.02 Å². The number of hydrogen-bond acceptors (Lipinski definition) is 4. The van der Waals surface area contributed by atoms with Crippen LogP contribution in [-0.4, -0.2) is 53.9 Å². The van der Waals surface area contributed by atoms with Gasteiger partial charge in [0.1, 0.15) is 11.4 Å². The zero-order chi connectivity index (χ0) is 24.4. The van der Waals surface area contributed by atoms with E-state index in [0.717, 1.165) is 24.4 Å². The number of hydrogen-bond donors (Lipinski definition) is 0. The first-order valence-electron chi connectivity index (χ1n) is 11.6. The normalized spacial score (nSPS) is 13.7. The second-order valence-corrected chi connectivity index (χ2v) is 8.98. The number of ether oxygens (including phenoxy) is 1. The lowest BCUT2D eigenvalue weighted by Crippen LogP contribution is -2.49. The second kappa shape index (κ2) is 9.84. The molecule has 3 aromatic carbocycles. The largest absolute Gasteiger partial charge is 0.497 e. The maximum Gasteiger partial charge on any atom is 0.272 e. The predicted octanol–water partition coefficient (Wildman–Crippen LogP) is 5.47. The lowest BCUT2D eigenvalue weighted by atomic mass is 10.1. The van der Waals surface area contributed by atoms with Crippen LogP contribution >= 0.6 is 11.6 Å². The van der Waals surface area contributed by atoms with Gasteiger partial charge >= 0.3 is 0 Å². The number of methoxy groups -OCH3 is 1. The molecule has 1 aliphatic heterocycles. The van der Waals surface area contributed by atoms with Crippen LogP contribution in [0.4, 0.5) is 5.69 Å². The van der Waals surface area contributed by atoms with Crippen molar-refractivity contribution in [3.8, 4) is 22.7 Å². The van der Waals surface area contributed by atoms with Crippen LogP contribution in [0.1, 0.15) is 16.1 Å². The smallest absolute Gasteiger partial charge is 0.272 e. The summed E-state index contributed by atoms with van der Waals surface area (Å²) in [7, 11) is 1.63. The molecule has 2 heterocycles. The van der Waals surface area contributed by atoms with Gasteiger partial charge in [0.15, 0.2) is 0 Å². The molecule has 0 N–H and O–H groups in total. The van der Waals surface area contributed by atoms with E-state index in [1.165, 1.54) is 11.3 Å².